The molecule has 3 nitrogen and oxygen atoms in total. The van der Waals surface area contributed by atoms with Gasteiger partial charge in [0.05, 0.1) is 6.54 Å². The summed E-state index contributed by atoms with van der Waals surface area (Å²) < 4.78 is 10.4. The quantitative estimate of drug-likeness (QED) is 0.657. The normalized spacial score (nSPS) is 11.6. The lowest BCUT2D eigenvalue weighted by molar-refractivity contribution is -0.208. The summed E-state index contributed by atoms with van der Waals surface area (Å²) in [6.45, 7) is 0.0456. The van der Waals surface area contributed by atoms with Crippen LogP contribution in [0.3, 0.4) is 0 Å². The van der Waals surface area contributed by atoms with Gasteiger partial charge < -0.3 is 9.47 Å². The number of hydrogen-bond donors (Lipinski definition) is 0. The van der Waals surface area contributed by atoms with E-state index in [1.807, 2.05) is 30.3 Å². The average Bonchev–Trinajstić information content (AvgIpc) is 2.23. The van der Waals surface area contributed by atoms with Gasteiger partial charge in [0.1, 0.15) is 0 Å². The smallest absolute Gasteiger partial charge is 0.208 e. The number of nitrogens with one attached hydrogen (secondary N) is 1. The molecular weight excluding hydrogens is 166 g/mol. The highest BCUT2D eigenvalue weighted by molar-refractivity contribution is 5.20. The maximum atomic E-state index is 7.40. The molecule has 3 heteroatoms. The van der Waals surface area contributed by atoms with Gasteiger partial charge >= 0.3 is 0 Å². The Kier molecular flexibility index (Phi) is 3.42. The predicted molar refractivity (Wildman–Crippen MR) is 50.1 cm³/mol. The molecule has 0 bridgehead atoms. The lowest BCUT2D eigenvalue weighted by Crippen LogP contribution is -2.35. The van der Waals surface area contributed by atoms with E-state index in [-0.39, 0.29) is 6.54 Å². The predicted octanol–water partition coefficient (Wildman–Crippen LogP) is 1.42. The van der Waals surface area contributed by atoms with Crippen molar-refractivity contribution in [1.29, 1.82) is 0 Å². The largest absolute Gasteiger partial charge is 0.348 e. The van der Waals surface area contributed by atoms with Crippen molar-refractivity contribution in [3.8, 4) is 0 Å². The van der Waals surface area contributed by atoms with Crippen molar-refractivity contribution in [1.82, 2.24) is 5.73 Å². The number of rotatable bonds is 4. The van der Waals surface area contributed by atoms with E-state index in [2.05, 4.69) is 0 Å². The van der Waals surface area contributed by atoms with Crippen LogP contribution in [0.15, 0.2) is 30.3 Å². The molecule has 0 unspecified atom stereocenters. The number of methoxy groups -OCH3 is 2. The summed E-state index contributed by atoms with van der Waals surface area (Å²) in [5.41, 5.74) is 8.27. The van der Waals surface area contributed by atoms with Gasteiger partial charge in [-0.05, 0) is 0 Å². The van der Waals surface area contributed by atoms with Gasteiger partial charge in [-0.1, -0.05) is 30.3 Å². The fraction of sp³-hybridized carbons (Fsp3) is 0.400. The molecule has 0 heterocycles. The van der Waals surface area contributed by atoms with Crippen molar-refractivity contribution in [3.05, 3.63) is 35.9 Å². The van der Waals surface area contributed by atoms with Crippen LogP contribution in [-0.4, -0.2) is 20.8 Å². The van der Waals surface area contributed by atoms with Gasteiger partial charge in [-0.3, -0.25) is 5.73 Å². The lowest BCUT2D eigenvalue weighted by Gasteiger charge is -2.29. The van der Waals surface area contributed by atoms with Crippen molar-refractivity contribution in [2.45, 2.75) is 5.79 Å². The standard InChI is InChI=1S/C10H14NO2/c1-12-10(8-11,13-2)9-6-4-3-5-7-9/h3-7,11H,8H2,1-2H3. The van der Waals surface area contributed by atoms with E-state index in [9.17, 15) is 0 Å². The van der Waals surface area contributed by atoms with Crippen molar-refractivity contribution in [2.24, 2.45) is 0 Å². The summed E-state index contributed by atoms with van der Waals surface area (Å²) in [4.78, 5) is 0. The van der Waals surface area contributed by atoms with Gasteiger partial charge in [0, 0.05) is 19.8 Å². The summed E-state index contributed by atoms with van der Waals surface area (Å²) in [5.74, 6) is -0.915. The van der Waals surface area contributed by atoms with Gasteiger partial charge in [0.15, 0.2) is 0 Å². The molecule has 0 saturated carbocycles. The SMILES string of the molecule is COC(C[NH])(OC)c1ccccc1. The van der Waals surface area contributed by atoms with E-state index in [1.165, 1.54) is 0 Å². The van der Waals surface area contributed by atoms with Gasteiger partial charge in [0.2, 0.25) is 5.79 Å². The first-order valence-electron chi connectivity index (χ1n) is 4.09. The molecule has 0 aliphatic rings. The molecule has 0 aliphatic carbocycles. The molecule has 0 saturated heterocycles. The van der Waals surface area contributed by atoms with Gasteiger partial charge in [-0.25, -0.2) is 0 Å². The highest BCUT2D eigenvalue weighted by Crippen LogP contribution is 2.24. The van der Waals surface area contributed by atoms with Gasteiger partial charge in [-0.15, -0.1) is 0 Å². The molecule has 0 aliphatic heterocycles. The zero-order valence-corrected chi connectivity index (χ0v) is 7.91. The Hall–Kier alpha value is -0.900. The molecule has 1 rings (SSSR count). The number of benzene rings is 1. The Morgan fingerprint density at radius 2 is 1.69 bits per heavy atom. The molecule has 0 atom stereocenters. The monoisotopic (exact) mass is 180 g/mol. The molecule has 13 heavy (non-hydrogen) atoms. The minimum absolute atomic E-state index is 0.0456. The van der Waals surface area contributed by atoms with Crippen LogP contribution in [0.1, 0.15) is 5.56 Å². The van der Waals surface area contributed by atoms with Gasteiger partial charge in [0.25, 0.3) is 0 Å². The fourth-order valence-electron chi connectivity index (χ4n) is 1.26. The van der Waals surface area contributed by atoms with Crippen molar-refractivity contribution < 1.29 is 9.47 Å². The van der Waals surface area contributed by atoms with E-state index in [4.69, 9.17) is 15.2 Å². The second kappa shape index (κ2) is 4.37. The van der Waals surface area contributed by atoms with E-state index < -0.39 is 5.79 Å². The van der Waals surface area contributed by atoms with E-state index in [1.54, 1.807) is 14.2 Å². The van der Waals surface area contributed by atoms with E-state index >= 15 is 0 Å². The zero-order valence-electron chi connectivity index (χ0n) is 7.91. The highest BCUT2D eigenvalue weighted by Gasteiger charge is 2.30. The zero-order chi connectivity index (χ0) is 9.73. The number of hydrogen-bond acceptors (Lipinski definition) is 2. The molecule has 1 aromatic rings. The molecule has 0 spiro atoms. The van der Waals surface area contributed by atoms with Crippen LogP contribution in [0.2, 0.25) is 0 Å². The van der Waals surface area contributed by atoms with Crippen LogP contribution in [-0.2, 0) is 15.3 Å². The third kappa shape index (κ3) is 1.88. The Balaban J connectivity index is 3.01. The van der Waals surface area contributed by atoms with Crippen molar-refractivity contribution >= 4 is 0 Å². The average molecular weight is 180 g/mol. The first-order valence-corrected chi connectivity index (χ1v) is 4.09. The number of ether oxygens (including phenoxy) is 2. The first-order chi connectivity index (χ1) is 6.29. The summed E-state index contributed by atoms with van der Waals surface area (Å²) >= 11 is 0. The molecule has 1 radical (unpaired) electrons. The maximum absolute atomic E-state index is 7.40. The molecule has 1 N–H and O–H groups in total. The second-order valence-electron chi connectivity index (χ2n) is 2.70. The first kappa shape index (κ1) is 10.2. The fourth-order valence-corrected chi connectivity index (χ4v) is 1.26. The molecule has 71 valence electrons. The molecule has 0 amide bonds. The molecular formula is C10H14NO2. The summed E-state index contributed by atoms with van der Waals surface area (Å²) in [5, 5.41) is 0. The lowest BCUT2D eigenvalue weighted by atomic mass is 10.1. The van der Waals surface area contributed by atoms with Gasteiger partial charge in [-0.2, -0.15) is 0 Å². The van der Waals surface area contributed by atoms with E-state index in [0.29, 0.717) is 0 Å². The van der Waals surface area contributed by atoms with Crippen LogP contribution in [0.5, 0.6) is 0 Å². The Morgan fingerprint density at radius 1 is 1.15 bits per heavy atom. The Labute approximate surface area is 78.5 Å². The minimum atomic E-state index is -0.915. The molecule has 0 fully saturated rings. The topological polar surface area (TPSA) is 42.3 Å². The maximum Gasteiger partial charge on any atom is 0.208 e. The van der Waals surface area contributed by atoms with E-state index in [0.717, 1.165) is 5.56 Å². The second-order valence-corrected chi connectivity index (χ2v) is 2.70. The van der Waals surface area contributed by atoms with Crippen LogP contribution >= 0.6 is 0 Å². The van der Waals surface area contributed by atoms with Crippen molar-refractivity contribution in [3.63, 3.8) is 0 Å². The minimum Gasteiger partial charge on any atom is -0.348 e. The third-order valence-electron chi connectivity index (χ3n) is 2.11. The third-order valence-corrected chi connectivity index (χ3v) is 2.11. The summed E-state index contributed by atoms with van der Waals surface area (Å²) in [6.07, 6.45) is 0. The van der Waals surface area contributed by atoms with Crippen LogP contribution in [0, 0.1) is 0 Å². The molecule has 0 aromatic heterocycles. The van der Waals surface area contributed by atoms with Crippen LogP contribution < -0.4 is 5.73 Å². The van der Waals surface area contributed by atoms with Crippen LogP contribution in [0.25, 0.3) is 0 Å². The van der Waals surface area contributed by atoms with Crippen molar-refractivity contribution in [2.75, 3.05) is 20.8 Å². The summed E-state index contributed by atoms with van der Waals surface area (Å²) in [6, 6.07) is 9.50. The highest BCUT2D eigenvalue weighted by atomic mass is 16.7. The van der Waals surface area contributed by atoms with Crippen LogP contribution in [0.4, 0.5) is 0 Å². The molecule has 1 aromatic carbocycles. The summed E-state index contributed by atoms with van der Waals surface area (Å²) in [7, 11) is 3.09. The Morgan fingerprint density at radius 3 is 2.08 bits per heavy atom. The Bertz CT molecular complexity index is 236.